The van der Waals surface area contributed by atoms with Gasteiger partial charge in [0.05, 0.1) is 9.26 Å². The third-order valence-electron chi connectivity index (χ3n) is 2.71. The fraction of sp³-hybridized carbons (Fsp3) is 0. The van der Waals surface area contributed by atoms with Crippen molar-refractivity contribution in [2.45, 2.75) is 0 Å². The molecule has 0 aliphatic rings. The lowest BCUT2D eigenvalue weighted by Gasteiger charge is -2.08. The Kier molecular flexibility index (Phi) is 4.73. The van der Waals surface area contributed by atoms with Crippen molar-refractivity contribution in [2.24, 2.45) is 5.73 Å². The van der Waals surface area contributed by atoms with E-state index in [-0.39, 0.29) is 22.0 Å². The van der Waals surface area contributed by atoms with Crippen molar-refractivity contribution in [3.63, 3.8) is 0 Å². The summed E-state index contributed by atoms with van der Waals surface area (Å²) < 4.78 is 14.5. The molecule has 0 bridgehead atoms. The van der Waals surface area contributed by atoms with E-state index < -0.39 is 11.7 Å². The molecule has 21 heavy (non-hydrogen) atoms. The number of nitrogens with two attached hydrogens (primary N) is 1. The van der Waals surface area contributed by atoms with Crippen LogP contribution in [0.25, 0.3) is 0 Å². The molecule has 0 aromatic heterocycles. The topological polar surface area (TPSA) is 75.3 Å². The van der Waals surface area contributed by atoms with Gasteiger partial charge in [0, 0.05) is 11.1 Å². The first kappa shape index (κ1) is 15.6. The summed E-state index contributed by atoms with van der Waals surface area (Å²) >= 11 is 6.69. The lowest BCUT2D eigenvalue weighted by Crippen LogP contribution is -2.14. The highest BCUT2D eigenvalue weighted by Crippen LogP contribution is 2.22. The molecular formula is C14H10FIN2O2S. The first-order valence-corrected chi connectivity index (χ1v) is 7.26. The first-order chi connectivity index (χ1) is 9.88. The molecule has 0 atom stereocenters. The van der Waals surface area contributed by atoms with Crippen LogP contribution >= 0.6 is 34.8 Å². The fourth-order valence-electron chi connectivity index (χ4n) is 1.62. The van der Waals surface area contributed by atoms with Gasteiger partial charge in [-0.05, 0) is 59.0 Å². The number of rotatable bonds is 3. The second kappa shape index (κ2) is 6.35. The van der Waals surface area contributed by atoms with E-state index in [1.54, 1.807) is 6.07 Å². The van der Waals surface area contributed by atoms with Gasteiger partial charge in [0.2, 0.25) is 0 Å². The smallest absolute Gasteiger partial charge is 0.255 e. The molecule has 108 valence electrons. The average molecular weight is 416 g/mol. The third kappa shape index (κ3) is 3.67. The Labute approximate surface area is 139 Å². The standard InChI is InChI=1S/C14H10FIN2O2S/c15-9-5-7(13(17)21)2-4-11(9)18-14(20)8-1-3-10(16)12(19)6-8/h1-6,19H,(H2,17,21)(H,18,20). The summed E-state index contributed by atoms with van der Waals surface area (Å²) in [6, 6.07) is 8.51. The fourth-order valence-corrected chi connectivity index (χ4v) is 2.08. The van der Waals surface area contributed by atoms with E-state index in [0.29, 0.717) is 9.13 Å². The van der Waals surface area contributed by atoms with Crippen molar-refractivity contribution in [1.82, 2.24) is 0 Å². The van der Waals surface area contributed by atoms with E-state index in [2.05, 4.69) is 5.32 Å². The summed E-state index contributed by atoms with van der Waals surface area (Å²) in [5.74, 6) is -1.17. The number of amides is 1. The molecule has 0 saturated heterocycles. The number of halogens is 2. The van der Waals surface area contributed by atoms with Crippen LogP contribution < -0.4 is 11.1 Å². The summed E-state index contributed by atoms with van der Waals surface area (Å²) in [4.78, 5) is 12.1. The van der Waals surface area contributed by atoms with Gasteiger partial charge in [-0.1, -0.05) is 12.2 Å². The van der Waals surface area contributed by atoms with Gasteiger partial charge >= 0.3 is 0 Å². The van der Waals surface area contributed by atoms with Crippen LogP contribution in [-0.4, -0.2) is 16.0 Å². The number of thiocarbonyl (C=S) groups is 1. The third-order valence-corrected chi connectivity index (χ3v) is 3.86. The van der Waals surface area contributed by atoms with Crippen LogP contribution in [0.2, 0.25) is 0 Å². The molecule has 1 amide bonds. The van der Waals surface area contributed by atoms with Crippen LogP contribution in [0.3, 0.4) is 0 Å². The number of hydrogen-bond acceptors (Lipinski definition) is 3. The maximum Gasteiger partial charge on any atom is 0.255 e. The summed E-state index contributed by atoms with van der Waals surface area (Å²) in [5, 5.41) is 12.0. The van der Waals surface area contributed by atoms with Gasteiger partial charge in [0.1, 0.15) is 16.6 Å². The normalized spacial score (nSPS) is 10.2. The molecule has 2 rings (SSSR count). The molecule has 0 fully saturated rings. The Morgan fingerprint density at radius 3 is 2.48 bits per heavy atom. The second-order valence-corrected chi connectivity index (χ2v) is 5.78. The summed E-state index contributed by atoms with van der Waals surface area (Å²) in [6.45, 7) is 0. The molecule has 0 spiro atoms. The Morgan fingerprint density at radius 2 is 1.90 bits per heavy atom. The monoisotopic (exact) mass is 416 g/mol. The van der Waals surface area contributed by atoms with Gasteiger partial charge in [-0.3, -0.25) is 4.79 Å². The molecule has 7 heteroatoms. The molecule has 0 saturated carbocycles. The van der Waals surface area contributed by atoms with Crippen LogP contribution in [0.5, 0.6) is 5.75 Å². The number of aromatic hydroxyl groups is 1. The first-order valence-electron chi connectivity index (χ1n) is 5.77. The molecule has 0 unspecified atom stereocenters. The van der Waals surface area contributed by atoms with Crippen molar-refractivity contribution in [3.05, 3.63) is 56.9 Å². The SMILES string of the molecule is NC(=S)c1ccc(NC(=O)c2ccc(I)c(O)c2)c(F)c1. The van der Waals surface area contributed by atoms with Gasteiger partial charge in [0.15, 0.2) is 0 Å². The molecular weight excluding hydrogens is 406 g/mol. The van der Waals surface area contributed by atoms with Crippen molar-refractivity contribution >= 4 is 51.4 Å². The van der Waals surface area contributed by atoms with Gasteiger partial charge in [-0.2, -0.15) is 0 Å². The van der Waals surface area contributed by atoms with Crippen LogP contribution in [0.1, 0.15) is 15.9 Å². The van der Waals surface area contributed by atoms with Crippen molar-refractivity contribution in [1.29, 1.82) is 0 Å². The van der Waals surface area contributed by atoms with Crippen LogP contribution in [-0.2, 0) is 0 Å². The summed E-state index contributed by atoms with van der Waals surface area (Å²) in [5.41, 5.74) is 6.03. The predicted molar refractivity (Wildman–Crippen MR) is 91.1 cm³/mol. The Bertz CT molecular complexity index is 737. The van der Waals surface area contributed by atoms with E-state index >= 15 is 0 Å². The van der Waals surface area contributed by atoms with E-state index in [4.69, 9.17) is 18.0 Å². The predicted octanol–water partition coefficient (Wildman–Crippen LogP) is 3.02. The number of phenolic OH excluding ortho intramolecular Hbond substituents is 1. The minimum Gasteiger partial charge on any atom is -0.507 e. The number of carbonyl (C=O) groups excluding carboxylic acids is 1. The van der Waals surface area contributed by atoms with Gasteiger partial charge in [0.25, 0.3) is 5.91 Å². The van der Waals surface area contributed by atoms with E-state index in [9.17, 15) is 14.3 Å². The van der Waals surface area contributed by atoms with Gasteiger partial charge < -0.3 is 16.2 Å². The lowest BCUT2D eigenvalue weighted by molar-refractivity contribution is 0.102. The molecule has 0 radical (unpaired) electrons. The molecule has 0 heterocycles. The number of phenols is 1. The van der Waals surface area contributed by atoms with E-state index in [1.165, 1.54) is 24.3 Å². The number of anilines is 1. The van der Waals surface area contributed by atoms with E-state index in [0.717, 1.165) is 6.07 Å². The molecule has 0 aliphatic carbocycles. The number of nitrogens with one attached hydrogen (secondary N) is 1. The average Bonchev–Trinajstić information content (AvgIpc) is 2.43. The minimum atomic E-state index is -0.636. The Hall–Kier alpha value is -1.74. The molecule has 2 aromatic rings. The van der Waals surface area contributed by atoms with Crippen LogP contribution in [0.15, 0.2) is 36.4 Å². The Morgan fingerprint density at radius 1 is 1.24 bits per heavy atom. The van der Waals surface area contributed by atoms with Crippen molar-refractivity contribution < 1.29 is 14.3 Å². The highest BCUT2D eigenvalue weighted by atomic mass is 127. The number of hydrogen-bond donors (Lipinski definition) is 3. The quantitative estimate of drug-likeness (QED) is 0.531. The molecule has 4 nitrogen and oxygen atoms in total. The summed E-state index contributed by atoms with van der Waals surface area (Å²) in [6.07, 6.45) is 0. The molecule has 4 N–H and O–H groups in total. The zero-order valence-corrected chi connectivity index (χ0v) is 13.5. The highest BCUT2D eigenvalue weighted by molar-refractivity contribution is 14.1. The van der Waals surface area contributed by atoms with Gasteiger partial charge in [-0.25, -0.2) is 4.39 Å². The number of carbonyl (C=O) groups is 1. The summed E-state index contributed by atoms with van der Waals surface area (Å²) in [7, 11) is 0. The largest absolute Gasteiger partial charge is 0.507 e. The lowest BCUT2D eigenvalue weighted by atomic mass is 10.1. The van der Waals surface area contributed by atoms with Crippen LogP contribution in [0, 0.1) is 9.39 Å². The van der Waals surface area contributed by atoms with E-state index in [1.807, 2.05) is 22.6 Å². The zero-order chi connectivity index (χ0) is 15.6. The minimum absolute atomic E-state index is 0.00690. The number of benzene rings is 2. The Balaban J connectivity index is 2.23. The zero-order valence-electron chi connectivity index (χ0n) is 10.6. The molecule has 2 aromatic carbocycles. The maximum atomic E-state index is 13.8. The van der Waals surface area contributed by atoms with Crippen molar-refractivity contribution in [2.75, 3.05) is 5.32 Å². The van der Waals surface area contributed by atoms with Crippen LogP contribution in [0.4, 0.5) is 10.1 Å². The molecule has 0 aliphatic heterocycles. The highest BCUT2D eigenvalue weighted by Gasteiger charge is 2.12. The van der Waals surface area contributed by atoms with Gasteiger partial charge in [-0.15, -0.1) is 0 Å². The maximum absolute atomic E-state index is 13.8. The van der Waals surface area contributed by atoms with Crippen molar-refractivity contribution in [3.8, 4) is 5.75 Å². The second-order valence-electron chi connectivity index (χ2n) is 4.18.